The summed E-state index contributed by atoms with van der Waals surface area (Å²) >= 11 is 0. The van der Waals surface area contributed by atoms with Gasteiger partial charge in [0, 0.05) is 0 Å². The number of benzene rings is 2. The van der Waals surface area contributed by atoms with Gasteiger partial charge in [-0.15, -0.1) is 0 Å². The third-order valence-corrected chi connectivity index (χ3v) is 2.02. The van der Waals surface area contributed by atoms with Crippen molar-refractivity contribution in [1.82, 2.24) is 0 Å². The zero-order valence-electron chi connectivity index (χ0n) is 7.60. The van der Waals surface area contributed by atoms with Crippen LogP contribution in [-0.4, -0.2) is 6.61 Å². The minimum absolute atomic E-state index is 0.0956. The first-order valence-corrected chi connectivity index (χ1v) is 4.39. The van der Waals surface area contributed by atoms with Crippen molar-refractivity contribution in [2.24, 2.45) is 0 Å². The number of nitrogens with zero attached hydrogens (tertiary/aromatic N) is 1. The van der Waals surface area contributed by atoms with E-state index in [-0.39, 0.29) is 6.61 Å². The second-order valence-electron chi connectivity index (χ2n) is 2.96. The van der Waals surface area contributed by atoms with Gasteiger partial charge in [-0.2, -0.15) is 5.26 Å². The number of ether oxygens (including phenoxy) is 1. The number of fused-ring (bicyclic) bond motifs is 1. The molecule has 2 rings (SSSR count). The van der Waals surface area contributed by atoms with E-state index in [4.69, 9.17) is 10.00 Å². The lowest BCUT2D eigenvalue weighted by Crippen LogP contribution is -1.92. The first-order valence-electron chi connectivity index (χ1n) is 4.39. The standard InChI is InChI=1S/C12H9NO/c13-7-8-14-12-6-5-10-3-1-2-4-11(10)9-12/h1-6,9H,8H2. The molecule has 0 unspecified atom stereocenters. The highest BCUT2D eigenvalue weighted by atomic mass is 16.5. The molecule has 0 saturated carbocycles. The largest absolute Gasteiger partial charge is 0.479 e. The van der Waals surface area contributed by atoms with Gasteiger partial charge in [0.15, 0.2) is 6.61 Å². The van der Waals surface area contributed by atoms with Gasteiger partial charge in [0.25, 0.3) is 0 Å². The van der Waals surface area contributed by atoms with Crippen LogP contribution in [0.2, 0.25) is 0 Å². The minimum Gasteiger partial charge on any atom is -0.479 e. The van der Waals surface area contributed by atoms with Crippen molar-refractivity contribution in [3.05, 3.63) is 42.5 Å². The number of hydrogen-bond acceptors (Lipinski definition) is 2. The van der Waals surface area contributed by atoms with Crippen molar-refractivity contribution < 1.29 is 4.74 Å². The number of rotatable bonds is 2. The quantitative estimate of drug-likeness (QED) is 0.717. The lowest BCUT2D eigenvalue weighted by Gasteiger charge is -2.02. The van der Waals surface area contributed by atoms with Crippen LogP contribution in [0.4, 0.5) is 0 Å². The molecule has 2 aromatic carbocycles. The van der Waals surface area contributed by atoms with Crippen molar-refractivity contribution in [1.29, 1.82) is 5.26 Å². The van der Waals surface area contributed by atoms with Crippen LogP contribution in [0.3, 0.4) is 0 Å². The molecule has 0 N–H and O–H groups in total. The Morgan fingerprint density at radius 2 is 1.86 bits per heavy atom. The maximum atomic E-state index is 8.37. The molecular formula is C12H9NO. The molecule has 2 heteroatoms. The van der Waals surface area contributed by atoms with E-state index in [9.17, 15) is 0 Å². The summed E-state index contributed by atoms with van der Waals surface area (Å²) in [7, 11) is 0. The molecule has 0 saturated heterocycles. The van der Waals surface area contributed by atoms with E-state index in [1.807, 2.05) is 48.5 Å². The van der Waals surface area contributed by atoms with Crippen molar-refractivity contribution in [2.75, 3.05) is 6.61 Å². The Morgan fingerprint density at radius 3 is 2.64 bits per heavy atom. The fourth-order valence-corrected chi connectivity index (χ4v) is 1.37. The summed E-state index contributed by atoms with van der Waals surface area (Å²) < 4.78 is 5.20. The lowest BCUT2D eigenvalue weighted by atomic mass is 10.1. The Hall–Kier alpha value is -2.01. The van der Waals surface area contributed by atoms with E-state index in [1.54, 1.807) is 0 Å². The van der Waals surface area contributed by atoms with Crippen molar-refractivity contribution in [2.45, 2.75) is 0 Å². The maximum absolute atomic E-state index is 8.37. The van der Waals surface area contributed by atoms with Crippen molar-refractivity contribution >= 4 is 10.8 Å². The number of hydrogen-bond donors (Lipinski definition) is 0. The van der Waals surface area contributed by atoms with Crippen LogP contribution in [0.1, 0.15) is 0 Å². The van der Waals surface area contributed by atoms with Gasteiger partial charge in [-0.1, -0.05) is 30.3 Å². The zero-order chi connectivity index (χ0) is 9.80. The van der Waals surface area contributed by atoms with Gasteiger partial charge in [-0.25, -0.2) is 0 Å². The second-order valence-corrected chi connectivity index (χ2v) is 2.96. The zero-order valence-corrected chi connectivity index (χ0v) is 7.60. The summed E-state index contributed by atoms with van der Waals surface area (Å²) in [5, 5.41) is 10.7. The topological polar surface area (TPSA) is 33.0 Å². The molecule has 0 heterocycles. The normalized spacial score (nSPS) is 9.64. The van der Waals surface area contributed by atoms with E-state index in [1.165, 1.54) is 5.39 Å². The predicted octanol–water partition coefficient (Wildman–Crippen LogP) is 2.74. The van der Waals surface area contributed by atoms with Gasteiger partial charge in [-0.05, 0) is 22.9 Å². The highest BCUT2D eigenvalue weighted by Gasteiger charge is 1.95. The molecule has 0 atom stereocenters. The van der Waals surface area contributed by atoms with E-state index in [0.29, 0.717) is 0 Å². The van der Waals surface area contributed by atoms with Gasteiger partial charge >= 0.3 is 0 Å². The molecule has 0 bridgehead atoms. The van der Waals surface area contributed by atoms with Gasteiger partial charge < -0.3 is 4.74 Å². The fourth-order valence-electron chi connectivity index (χ4n) is 1.37. The summed E-state index contributed by atoms with van der Waals surface area (Å²) in [6.45, 7) is 0.0956. The smallest absolute Gasteiger partial charge is 0.174 e. The third-order valence-electron chi connectivity index (χ3n) is 2.02. The summed E-state index contributed by atoms with van der Waals surface area (Å²) in [5.41, 5.74) is 0. The SMILES string of the molecule is N#CCOc1ccc2ccccc2c1. The van der Waals surface area contributed by atoms with E-state index >= 15 is 0 Å². The highest BCUT2D eigenvalue weighted by molar-refractivity contribution is 5.83. The molecule has 2 nitrogen and oxygen atoms in total. The van der Waals surface area contributed by atoms with E-state index in [0.717, 1.165) is 11.1 Å². The first-order chi connectivity index (χ1) is 6.90. The van der Waals surface area contributed by atoms with Crippen LogP contribution in [0.15, 0.2) is 42.5 Å². The molecule has 0 spiro atoms. The molecule has 0 amide bonds. The summed E-state index contributed by atoms with van der Waals surface area (Å²) in [6, 6.07) is 15.8. The molecule has 0 aromatic heterocycles. The molecule has 0 fully saturated rings. The minimum atomic E-state index is 0.0956. The van der Waals surface area contributed by atoms with Crippen LogP contribution < -0.4 is 4.74 Å². The van der Waals surface area contributed by atoms with Crippen LogP contribution in [0, 0.1) is 11.3 Å². The van der Waals surface area contributed by atoms with E-state index < -0.39 is 0 Å². The maximum Gasteiger partial charge on any atom is 0.174 e. The van der Waals surface area contributed by atoms with Crippen LogP contribution in [-0.2, 0) is 0 Å². The fraction of sp³-hybridized carbons (Fsp3) is 0.0833. The van der Waals surface area contributed by atoms with Crippen LogP contribution in [0.25, 0.3) is 10.8 Å². The Labute approximate surface area is 82.3 Å². The predicted molar refractivity (Wildman–Crippen MR) is 55.1 cm³/mol. The molecular weight excluding hydrogens is 174 g/mol. The summed E-state index contributed by atoms with van der Waals surface area (Å²) in [4.78, 5) is 0. The average molecular weight is 183 g/mol. The monoisotopic (exact) mass is 183 g/mol. The highest BCUT2D eigenvalue weighted by Crippen LogP contribution is 2.20. The van der Waals surface area contributed by atoms with Crippen molar-refractivity contribution in [3.63, 3.8) is 0 Å². The third kappa shape index (κ3) is 1.67. The van der Waals surface area contributed by atoms with Crippen LogP contribution in [0.5, 0.6) is 5.75 Å². The average Bonchev–Trinajstić information content (AvgIpc) is 2.26. The van der Waals surface area contributed by atoms with Crippen molar-refractivity contribution in [3.8, 4) is 11.8 Å². The molecule has 0 aliphatic carbocycles. The van der Waals surface area contributed by atoms with Gasteiger partial charge in [0.2, 0.25) is 0 Å². The Morgan fingerprint density at radius 1 is 1.07 bits per heavy atom. The lowest BCUT2D eigenvalue weighted by molar-refractivity contribution is 0.368. The first kappa shape index (κ1) is 8.58. The molecule has 0 aliphatic heterocycles. The molecule has 14 heavy (non-hydrogen) atoms. The van der Waals surface area contributed by atoms with Gasteiger partial charge in [-0.3, -0.25) is 0 Å². The van der Waals surface area contributed by atoms with Gasteiger partial charge in [0.1, 0.15) is 11.8 Å². The Kier molecular flexibility index (Phi) is 2.33. The second kappa shape index (κ2) is 3.80. The number of nitriles is 1. The Bertz CT molecular complexity index is 485. The molecule has 2 aromatic rings. The summed E-state index contributed by atoms with van der Waals surface area (Å²) in [6.07, 6.45) is 0. The van der Waals surface area contributed by atoms with Crippen LogP contribution >= 0.6 is 0 Å². The molecule has 0 radical (unpaired) electrons. The Balaban J connectivity index is 2.37. The molecule has 68 valence electrons. The van der Waals surface area contributed by atoms with E-state index in [2.05, 4.69) is 0 Å². The summed E-state index contributed by atoms with van der Waals surface area (Å²) in [5.74, 6) is 0.741. The molecule has 0 aliphatic rings. The van der Waals surface area contributed by atoms with Gasteiger partial charge in [0.05, 0.1) is 0 Å².